The number of rotatable bonds is 7. The molecule has 4 heteroatoms. The molecule has 1 unspecified atom stereocenters. The molecule has 0 aliphatic rings. The molecule has 0 aliphatic carbocycles. The zero-order chi connectivity index (χ0) is 15.3. The van der Waals surface area contributed by atoms with Crippen molar-refractivity contribution in [2.75, 3.05) is 13.1 Å². The number of likely N-dealkylation sites (N-methyl/N-ethyl adjacent to an activating group) is 1. The molecule has 0 aromatic carbocycles. The first-order valence-corrected chi connectivity index (χ1v) is 7.62. The van der Waals surface area contributed by atoms with Crippen molar-refractivity contribution in [3.05, 3.63) is 0 Å². The van der Waals surface area contributed by atoms with E-state index in [9.17, 15) is 4.79 Å². The SMILES string of the molecule is CCC(C(=O)NC(C)(C)CC(C)(C)C)N(CC)CC.Cl. The number of halogens is 1. The Morgan fingerprint density at radius 2 is 1.50 bits per heavy atom. The number of hydrogen-bond donors (Lipinski definition) is 1. The van der Waals surface area contributed by atoms with Gasteiger partial charge in [0, 0.05) is 5.54 Å². The maximum absolute atomic E-state index is 12.5. The van der Waals surface area contributed by atoms with Crippen molar-refractivity contribution in [2.45, 2.75) is 79.8 Å². The Morgan fingerprint density at radius 3 is 1.80 bits per heavy atom. The van der Waals surface area contributed by atoms with Crippen molar-refractivity contribution >= 4 is 18.3 Å². The van der Waals surface area contributed by atoms with Crippen molar-refractivity contribution < 1.29 is 4.79 Å². The predicted molar refractivity (Wildman–Crippen MR) is 90.5 cm³/mol. The van der Waals surface area contributed by atoms with Crippen LogP contribution in [0.15, 0.2) is 0 Å². The summed E-state index contributed by atoms with van der Waals surface area (Å²) in [5.41, 5.74) is 0.0591. The van der Waals surface area contributed by atoms with E-state index in [0.717, 1.165) is 25.9 Å². The number of amides is 1. The normalized spacial score (nSPS) is 13.8. The second-order valence-electron chi connectivity index (χ2n) is 7.26. The fourth-order valence-electron chi connectivity index (χ4n) is 3.06. The van der Waals surface area contributed by atoms with E-state index in [0.29, 0.717) is 0 Å². The fraction of sp³-hybridized carbons (Fsp3) is 0.938. The summed E-state index contributed by atoms with van der Waals surface area (Å²) in [5.74, 6) is 0.167. The Bertz CT molecular complexity index is 281. The van der Waals surface area contributed by atoms with E-state index >= 15 is 0 Å². The Hall–Kier alpha value is -0.280. The summed E-state index contributed by atoms with van der Waals surface area (Å²) in [6.45, 7) is 19.0. The van der Waals surface area contributed by atoms with E-state index in [1.165, 1.54) is 0 Å². The molecule has 1 atom stereocenters. The molecule has 0 aromatic rings. The van der Waals surface area contributed by atoms with Gasteiger partial charge in [0.2, 0.25) is 5.91 Å². The van der Waals surface area contributed by atoms with Gasteiger partial charge in [-0.25, -0.2) is 0 Å². The van der Waals surface area contributed by atoms with Gasteiger partial charge in [-0.15, -0.1) is 12.4 Å². The van der Waals surface area contributed by atoms with Crippen molar-refractivity contribution in [3.8, 4) is 0 Å². The van der Waals surface area contributed by atoms with Gasteiger partial charge >= 0.3 is 0 Å². The quantitative estimate of drug-likeness (QED) is 0.774. The summed E-state index contributed by atoms with van der Waals surface area (Å²) >= 11 is 0. The Morgan fingerprint density at radius 1 is 1.05 bits per heavy atom. The van der Waals surface area contributed by atoms with Gasteiger partial charge in [-0.2, -0.15) is 0 Å². The highest BCUT2D eigenvalue weighted by Gasteiger charge is 2.30. The maximum Gasteiger partial charge on any atom is 0.237 e. The molecule has 0 heterocycles. The lowest BCUT2D eigenvalue weighted by molar-refractivity contribution is -0.128. The van der Waals surface area contributed by atoms with Crippen LogP contribution in [0.1, 0.15) is 68.2 Å². The molecule has 0 aliphatic heterocycles. The van der Waals surface area contributed by atoms with Gasteiger partial charge in [0.1, 0.15) is 0 Å². The van der Waals surface area contributed by atoms with Gasteiger partial charge in [-0.05, 0) is 45.2 Å². The number of nitrogens with zero attached hydrogens (tertiary/aromatic N) is 1. The van der Waals surface area contributed by atoms with E-state index in [-0.39, 0.29) is 35.3 Å². The molecular weight excluding hydrogens is 272 g/mol. The zero-order valence-corrected chi connectivity index (χ0v) is 15.5. The minimum atomic E-state index is -0.157. The van der Waals surface area contributed by atoms with Crippen molar-refractivity contribution in [3.63, 3.8) is 0 Å². The van der Waals surface area contributed by atoms with Gasteiger partial charge in [-0.3, -0.25) is 9.69 Å². The smallest absolute Gasteiger partial charge is 0.237 e. The molecule has 1 N–H and O–H groups in total. The molecule has 0 bridgehead atoms. The number of carbonyl (C=O) groups is 1. The van der Waals surface area contributed by atoms with Crippen LogP contribution in [-0.4, -0.2) is 35.5 Å². The first kappa shape index (κ1) is 22.0. The molecule has 0 spiro atoms. The Kier molecular flexibility index (Phi) is 9.78. The van der Waals surface area contributed by atoms with Crippen LogP contribution in [0.3, 0.4) is 0 Å². The first-order valence-electron chi connectivity index (χ1n) is 7.62. The van der Waals surface area contributed by atoms with Crippen LogP contribution < -0.4 is 5.32 Å². The number of carbonyl (C=O) groups excluding carboxylic acids is 1. The van der Waals surface area contributed by atoms with E-state index in [2.05, 4.69) is 65.6 Å². The van der Waals surface area contributed by atoms with Gasteiger partial charge < -0.3 is 5.32 Å². The number of hydrogen-bond acceptors (Lipinski definition) is 2. The molecule has 0 saturated heterocycles. The van der Waals surface area contributed by atoms with Gasteiger partial charge in [0.15, 0.2) is 0 Å². The van der Waals surface area contributed by atoms with Crippen LogP contribution in [0, 0.1) is 5.41 Å². The van der Waals surface area contributed by atoms with Crippen molar-refractivity contribution in [2.24, 2.45) is 5.41 Å². The zero-order valence-electron chi connectivity index (χ0n) is 14.7. The third-order valence-electron chi connectivity index (χ3n) is 3.38. The minimum Gasteiger partial charge on any atom is -0.350 e. The fourth-order valence-corrected chi connectivity index (χ4v) is 3.06. The lowest BCUT2D eigenvalue weighted by atomic mass is 9.81. The molecule has 0 fully saturated rings. The first-order chi connectivity index (χ1) is 8.56. The third-order valence-corrected chi connectivity index (χ3v) is 3.38. The van der Waals surface area contributed by atoms with Crippen molar-refractivity contribution in [1.82, 2.24) is 10.2 Å². The van der Waals surface area contributed by atoms with Crippen LogP contribution >= 0.6 is 12.4 Å². The lowest BCUT2D eigenvalue weighted by Gasteiger charge is -2.36. The minimum absolute atomic E-state index is 0. The Balaban J connectivity index is 0. The highest BCUT2D eigenvalue weighted by molar-refractivity contribution is 5.85. The van der Waals surface area contributed by atoms with Crippen LogP contribution in [0.2, 0.25) is 0 Å². The van der Waals surface area contributed by atoms with Gasteiger partial charge in [-0.1, -0.05) is 41.5 Å². The standard InChI is InChI=1S/C16H34N2O.ClH/c1-9-13(18(10-2)11-3)14(19)17-16(7,8)12-15(4,5)6;/h13H,9-12H2,1-8H3,(H,17,19);1H. The second-order valence-corrected chi connectivity index (χ2v) is 7.26. The highest BCUT2D eigenvalue weighted by atomic mass is 35.5. The molecular formula is C16H35ClN2O. The molecule has 0 rings (SSSR count). The monoisotopic (exact) mass is 306 g/mol. The van der Waals surface area contributed by atoms with E-state index in [1.807, 2.05) is 0 Å². The molecule has 1 amide bonds. The summed E-state index contributed by atoms with van der Waals surface area (Å²) in [4.78, 5) is 14.7. The second kappa shape index (κ2) is 8.89. The highest BCUT2D eigenvalue weighted by Crippen LogP contribution is 2.27. The van der Waals surface area contributed by atoms with E-state index < -0.39 is 0 Å². The summed E-state index contributed by atoms with van der Waals surface area (Å²) in [5, 5.41) is 3.23. The lowest BCUT2D eigenvalue weighted by Crippen LogP contribution is -2.54. The molecule has 0 radical (unpaired) electrons. The largest absolute Gasteiger partial charge is 0.350 e. The topological polar surface area (TPSA) is 32.3 Å². The molecule has 122 valence electrons. The molecule has 20 heavy (non-hydrogen) atoms. The van der Waals surface area contributed by atoms with E-state index in [4.69, 9.17) is 0 Å². The summed E-state index contributed by atoms with van der Waals surface area (Å²) in [6, 6.07) is -0.00533. The summed E-state index contributed by atoms with van der Waals surface area (Å²) in [6.07, 6.45) is 1.83. The average Bonchev–Trinajstić information content (AvgIpc) is 2.20. The maximum atomic E-state index is 12.5. The third kappa shape index (κ3) is 8.11. The van der Waals surface area contributed by atoms with Gasteiger partial charge in [0.25, 0.3) is 0 Å². The molecule has 0 aromatic heterocycles. The molecule has 3 nitrogen and oxygen atoms in total. The Labute approximate surface area is 132 Å². The van der Waals surface area contributed by atoms with Crippen molar-refractivity contribution in [1.29, 1.82) is 0 Å². The summed E-state index contributed by atoms with van der Waals surface area (Å²) < 4.78 is 0. The van der Waals surface area contributed by atoms with Crippen LogP contribution in [-0.2, 0) is 4.79 Å². The van der Waals surface area contributed by atoms with Crippen LogP contribution in [0.4, 0.5) is 0 Å². The van der Waals surface area contributed by atoms with Gasteiger partial charge in [0.05, 0.1) is 6.04 Å². The van der Waals surface area contributed by atoms with Crippen LogP contribution in [0.25, 0.3) is 0 Å². The average molecular weight is 307 g/mol. The van der Waals surface area contributed by atoms with Crippen LogP contribution in [0.5, 0.6) is 0 Å². The predicted octanol–water partition coefficient (Wildman–Crippen LogP) is 3.86. The van der Waals surface area contributed by atoms with E-state index in [1.54, 1.807) is 0 Å². The number of nitrogens with one attached hydrogen (secondary N) is 1. The molecule has 0 saturated carbocycles. The summed E-state index contributed by atoms with van der Waals surface area (Å²) in [7, 11) is 0.